The topological polar surface area (TPSA) is 30.7 Å². The highest BCUT2D eigenvalue weighted by Crippen LogP contribution is 2.26. The maximum atomic E-state index is 4.64. The molecule has 0 unspecified atom stereocenters. The number of imidazole rings is 1. The molecule has 2 heterocycles. The van der Waals surface area contributed by atoms with E-state index in [0.717, 1.165) is 27.0 Å². The fourth-order valence-electron chi connectivity index (χ4n) is 1.96. The minimum atomic E-state index is 0.826. The monoisotopic (exact) mass is 287 g/mol. The molecule has 0 atom stereocenters. The van der Waals surface area contributed by atoms with Crippen LogP contribution in [-0.4, -0.2) is 14.5 Å². The number of aryl methyl sites for hydroxylation is 1. The van der Waals surface area contributed by atoms with Gasteiger partial charge in [0.15, 0.2) is 0 Å². The zero-order valence-corrected chi connectivity index (χ0v) is 10.8. The quantitative estimate of drug-likeness (QED) is 0.642. The lowest BCUT2D eigenvalue weighted by Crippen LogP contribution is -1.93. The van der Waals surface area contributed by atoms with E-state index in [1.54, 1.807) is 6.20 Å². The van der Waals surface area contributed by atoms with Gasteiger partial charge in [-0.25, -0.2) is 9.97 Å². The number of nitrogens with zero attached hydrogens (tertiary/aromatic N) is 3. The van der Waals surface area contributed by atoms with E-state index in [2.05, 4.69) is 42.6 Å². The highest BCUT2D eigenvalue weighted by atomic mass is 79.9. The number of aromatic nitrogens is 3. The van der Waals surface area contributed by atoms with Crippen molar-refractivity contribution in [3.8, 4) is 11.4 Å². The Balaban J connectivity index is 2.33. The van der Waals surface area contributed by atoms with E-state index in [1.807, 2.05) is 31.3 Å². The number of fused-ring (bicyclic) bond motifs is 1. The smallest absolute Gasteiger partial charge is 0.140 e. The largest absolute Gasteiger partial charge is 0.325 e. The summed E-state index contributed by atoms with van der Waals surface area (Å²) >= 11 is 3.46. The third kappa shape index (κ3) is 1.65. The Labute approximate surface area is 107 Å². The number of hydrogen-bond acceptors (Lipinski definition) is 2. The first-order valence-electron chi connectivity index (χ1n) is 5.30. The minimum absolute atomic E-state index is 0.826. The second kappa shape index (κ2) is 3.96. The normalized spacial score (nSPS) is 10.9. The molecular formula is C13H10BrN3. The summed E-state index contributed by atoms with van der Waals surface area (Å²) in [6, 6.07) is 12.1. The molecule has 0 fully saturated rings. The zero-order valence-electron chi connectivity index (χ0n) is 9.26. The molecule has 0 spiro atoms. The molecule has 0 N–H and O–H groups in total. The molecule has 4 heteroatoms. The molecule has 0 bridgehead atoms. The summed E-state index contributed by atoms with van der Waals surface area (Å²) < 4.78 is 2.88. The lowest BCUT2D eigenvalue weighted by atomic mass is 10.2. The van der Waals surface area contributed by atoms with E-state index in [9.17, 15) is 0 Å². The van der Waals surface area contributed by atoms with Gasteiger partial charge in [-0.15, -0.1) is 0 Å². The van der Waals surface area contributed by atoms with Crippen LogP contribution in [-0.2, 0) is 7.05 Å². The predicted octanol–water partition coefficient (Wildman–Crippen LogP) is 3.40. The molecule has 1 aromatic carbocycles. The Morgan fingerprint density at radius 1 is 1.12 bits per heavy atom. The van der Waals surface area contributed by atoms with Gasteiger partial charge in [-0.2, -0.15) is 0 Å². The molecule has 0 aliphatic carbocycles. The van der Waals surface area contributed by atoms with Crippen molar-refractivity contribution in [2.75, 3.05) is 0 Å². The number of halogens is 1. The van der Waals surface area contributed by atoms with Gasteiger partial charge < -0.3 is 4.57 Å². The SMILES string of the molecule is Cn1c(-c2ccccc2)nc2ccnc(Br)c21. The standard InChI is InChI=1S/C13H10BrN3/c1-17-11-10(7-8-15-12(11)14)16-13(17)9-5-3-2-4-6-9/h2-8H,1H3. The van der Waals surface area contributed by atoms with Crippen LogP contribution in [0.25, 0.3) is 22.4 Å². The molecule has 3 nitrogen and oxygen atoms in total. The highest BCUT2D eigenvalue weighted by Gasteiger charge is 2.11. The molecule has 0 aliphatic rings. The molecule has 3 aromatic rings. The summed E-state index contributed by atoms with van der Waals surface area (Å²) in [5, 5.41) is 0. The summed E-state index contributed by atoms with van der Waals surface area (Å²) in [5.74, 6) is 0.953. The van der Waals surface area contributed by atoms with Gasteiger partial charge in [0.1, 0.15) is 15.9 Å². The van der Waals surface area contributed by atoms with Gasteiger partial charge in [-0.3, -0.25) is 0 Å². The van der Waals surface area contributed by atoms with Crippen LogP contribution in [0.3, 0.4) is 0 Å². The molecule has 0 amide bonds. The van der Waals surface area contributed by atoms with E-state index in [-0.39, 0.29) is 0 Å². The first-order chi connectivity index (χ1) is 8.27. The second-order valence-corrected chi connectivity index (χ2v) is 4.58. The predicted molar refractivity (Wildman–Crippen MR) is 71.6 cm³/mol. The van der Waals surface area contributed by atoms with Gasteiger partial charge >= 0.3 is 0 Å². The summed E-state index contributed by atoms with van der Waals surface area (Å²) in [6.07, 6.45) is 1.76. The van der Waals surface area contributed by atoms with E-state index in [0.29, 0.717) is 0 Å². The zero-order chi connectivity index (χ0) is 11.8. The van der Waals surface area contributed by atoms with Gasteiger partial charge in [-0.1, -0.05) is 30.3 Å². The van der Waals surface area contributed by atoms with Crippen LogP contribution < -0.4 is 0 Å². The minimum Gasteiger partial charge on any atom is -0.325 e. The van der Waals surface area contributed by atoms with Crippen LogP contribution in [0.15, 0.2) is 47.2 Å². The van der Waals surface area contributed by atoms with Crippen LogP contribution in [0.1, 0.15) is 0 Å². The number of rotatable bonds is 1. The van der Waals surface area contributed by atoms with Crippen molar-refractivity contribution in [2.45, 2.75) is 0 Å². The Kier molecular flexibility index (Phi) is 2.44. The molecule has 0 radical (unpaired) electrons. The molecular weight excluding hydrogens is 278 g/mol. The van der Waals surface area contributed by atoms with Gasteiger partial charge in [-0.05, 0) is 22.0 Å². The molecule has 2 aromatic heterocycles. The molecule has 0 saturated carbocycles. The Bertz CT molecular complexity index is 674. The summed E-state index contributed by atoms with van der Waals surface area (Å²) in [7, 11) is 2.00. The summed E-state index contributed by atoms with van der Waals surface area (Å²) in [4.78, 5) is 8.87. The highest BCUT2D eigenvalue weighted by molar-refractivity contribution is 9.10. The van der Waals surface area contributed by atoms with Crippen molar-refractivity contribution in [1.29, 1.82) is 0 Å². The Morgan fingerprint density at radius 3 is 2.59 bits per heavy atom. The van der Waals surface area contributed by atoms with Crippen molar-refractivity contribution >= 4 is 27.0 Å². The third-order valence-electron chi connectivity index (χ3n) is 2.77. The number of pyridine rings is 1. The van der Waals surface area contributed by atoms with Gasteiger partial charge in [0, 0.05) is 18.8 Å². The molecule has 3 rings (SSSR count). The molecule has 17 heavy (non-hydrogen) atoms. The lowest BCUT2D eigenvalue weighted by molar-refractivity contribution is 0.953. The lowest BCUT2D eigenvalue weighted by Gasteiger charge is -2.02. The summed E-state index contributed by atoms with van der Waals surface area (Å²) in [6.45, 7) is 0. The first-order valence-corrected chi connectivity index (χ1v) is 6.09. The molecule has 0 aliphatic heterocycles. The van der Waals surface area contributed by atoms with Crippen LogP contribution in [0.5, 0.6) is 0 Å². The van der Waals surface area contributed by atoms with Crippen molar-refractivity contribution in [1.82, 2.24) is 14.5 Å². The maximum absolute atomic E-state index is 4.64. The van der Waals surface area contributed by atoms with Crippen LogP contribution in [0.2, 0.25) is 0 Å². The fourth-order valence-corrected chi connectivity index (χ4v) is 2.55. The van der Waals surface area contributed by atoms with Gasteiger partial charge in [0.25, 0.3) is 0 Å². The van der Waals surface area contributed by atoms with Gasteiger partial charge in [0.2, 0.25) is 0 Å². The molecule has 0 saturated heterocycles. The van der Waals surface area contributed by atoms with Crippen molar-refractivity contribution in [2.24, 2.45) is 7.05 Å². The van der Waals surface area contributed by atoms with Crippen LogP contribution >= 0.6 is 15.9 Å². The number of benzene rings is 1. The summed E-state index contributed by atoms with van der Waals surface area (Å²) in [5.41, 5.74) is 3.08. The van der Waals surface area contributed by atoms with Crippen molar-refractivity contribution < 1.29 is 0 Å². The van der Waals surface area contributed by atoms with Crippen molar-refractivity contribution in [3.63, 3.8) is 0 Å². The average Bonchev–Trinajstić information content (AvgIpc) is 2.69. The van der Waals surface area contributed by atoms with Crippen molar-refractivity contribution in [3.05, 3.63) is 47.2 Å². The van der Waals surface area contributed by atoms with E-state index >= 15 is 0 Å². The third-order valence-corrected chi connectivity index (χ3v) is 3.35. The van der Waals surface area contributed by atoms with Gasteiger partial charge in [0.05, 0.1) is 5.52 Å². The van der Waals surface area contributed by atoms with Crippen LogP contribution in [0, 0.1) is 0 Å². The van der Waals surface area contributed by atoms with E-state index < -0.39 is 0 Å². The van der Waals surface area contributed by atoms with E-state index in [4.69, 9.17) is 0 Å². The second-order valence-electron chi connectivity index (χ2n) is 3.83. The average molecular weight is 288 g/mol. The maximum Gasteiger partial charge on any atom is 0.140 e. The first kappa shape index (κ1) is 10.5. The van der Waals surface area contributed by atoms with E-state index in [1.165, 1.54) is 0 Å². The Hall–Kier alpha value is -1.68. The number of hydrogen-bond donors (Lipinski definition) is 0. The Morgan fingerprint density at radius 2 is 1.88 bits per heavy atom. The fraction of sp³-hybridized carbons (Fsp3) is 0.0769. The van der Waals surface area contributed by atoms with Crippen LogP contribution in [0.4, 0.5) is 0 Å². The molecule has 84 valence electrons.